The molecule has 0 amide bonds. The second-order valence-corrected chi connectivity index (χ2v) is 5.97. The number of aliphatic carboxylic acids is 1. The molecule has 1 aromatic carbocycles. The molecule has 0 radical (unpaired) electrons. The van der Waals surface area contributed by atoms with E-state index in [1.54, 1.807) is 0 Å². The van der Waals surface area contributed by atoms with Crippen LogP contribution < -0.4 is 14.9 Å². The number of esters is 1. The minimum Gasteiger partial charge on any atom is -0.550 e. The molecule has 0 aromatic heterocycles. The maximum atomic E-state index is 11.8. The van der Waals surface area contributed by atoms with Crippen molar-refractivity contribution in [1.82, 2.24) is 0 Å². The monoisotopic (exact) mass is 338 g/mol. The van der Waals surface area contributed by atoms with Crippen molar-refractivity contribution in [3.8, 4) is 0 Å². The predicted octanol–water partition coefficient (Wildman–Crippen LogP) is -0.0196. The molecule has 0 heterocycles. The fraction of sp³-hybridized carbons (Fsp3) is 0.556. The van der Waals surface area contributed by atoms with E-state index < -0.39 is 5.97 Å². The average Bonchev–Trinajstić information content (AvgIpc) is 2.54. The van der Waals surface area contributed by atoms with Gasteiger partial charge in [-0.05, 0) is 43.5 Å². The van der Waals surface area contributed by atoms with Crippen molar-refractivity contribution < 1.29 is 24.3 Å². The summed E-state index contributed by atoms with van der Waals surface area (Å²) >= 11 is 0. The molecule has 0 aliphatic heterocycles. The van der Waals surface area contributed by atoms with Crippen LogP contribution >= 0.6 is 0 Å². The number of anilines is 1. The van der Waals surface area contributed by atoms with Gasteiger partial charge in [-0.2, -0.15) is 0 Å². The van der Waals surface area contributed by atoms with E-state index in [9.17, 15) is 14.7 Å². The summed E-state index contributed by atoms with van der Waals surface area (Å²) in [7, 11) is 8.19. The van der Waals surface area contributed by atoms with Crippen molar-refractivity contribution >= 4 is 17.6 Å². The van der Waals surface area contributed by atoms with Crippen molar-refractivity contribution in [2.75, 3.05) is 46.2 Å². The highest BCUT2D eigenvalue weighted by molar-refractivity contribution is 5.89. The number of carbonyl (C=O) groups is 2. The maximum Gasteiger partial charge on any atom is 0.338 e. The van der Waals surface area contributed by atoms with Crippen LogP contribution in [0.5, 0.6) is 0 Å². The Bertz CT molecular complexity index is 484. The summed E-state index contributed by atoms with van der Waals surface area (Å²) in [4.78, 5) is 24.5. The van der Waals surface area contributed by atoms with Crippen LogP contribution in [0, 0.1) is 0 Å². The smallest absolute Gasteiger partial charge is 0.338 e. The van der Waals surface area contributed by atoms with Gasteiger partial charge in [-0.1, -0.05) is 6.92 Å². The molecule has 1 aromatic rings. The van der Waals surface area contributed by atoms with Gasteiger partial charge in [0.25, 0.3) is 0 Å². The summed E-state index contributed by atoms with van der Waals surface area (Å²) in [5.74, 6) is -1.23. The second-order valence-electron chi connectivity index (χ2n) is 5.97. The van der Waals surface area contributed by atoms with Gasteiger partial charge in [0.1, 0.15) is 0 Å². The Morgan fingerprint density at radius 2 is 1.67 bits per heavy atom. The number of nitrogens with one attached hydrogen (secondary N) is 1. The van der Waals surface area contributed by atoms with Crippen LogP contribution in [0.3, 0.4) is 0 Å². The van der Waals surface area contributed by atoms with Gasteiger partial charge in [0.15, 0.2) is 0 Å². The molecule has 24 heavy (non-hydrogen) atoms. The summed E-state index contributed by atoms with van der Waals surface area (Å²) in [6, 6.07) is 7.46. The number of hydrogen-bond acceptors (Lipinski definition) is 5. The van der Waals surface area contributed by atoms with Crippen molar-refractivity contribution in [2.45, 2.75) is 26.2 Å². The Hall–Kier alpha value is -2.08. The van der Waals surface area contributed by atoms with Crippen LogP contribution in [0.15, 0.2) is 24.3 Å². The number of carbonyl (C=O) groups excluding carboxylic acids is 2. The molecule has 0 atom stereocenters. The lowest BCUT2D eigenvalue weighted by Crippen LogP contribution is -3.05. The lowest BCUT2D eigenvalue weighted by Gasteiger charge is -2.12. The topological polar surface area (TPSA) is 74.1 Å². The highest BCUT2D eigenvalue weighted by Crippen LogP contribution is 2.13. The predicted molar refractivity (Wildman–Crippen MR) is 93.3 cm³/mol. The van der Waals surface area contributed by atoms with Gasteiger partial charge in [-0.15, -0.1) is 0 Å². The zero-order chi connectivity index (χ0) is 18.5. The number of unbranched alkanes of at least 4 members (excludes halogenated alkanes) is 1. The summed E-state index contributed by atoms with van der Waals surface area (Å²) in [6.07, 6.45) is 2.11. The molecule has 0 aliphatic carbocycles. The van der Waals surface area contributed by atoms with E-state index in [0.29, 0.717) is 12.2 Å². The summed E-state index contributed by atoms with van der Waals surface area (Å²) in [6.45, 7) is 3.14. The Kier molecular flexibility index (Phi) is 11.3. The molecule has 1 N–H and O–H groups in total. The van der Waals surface area contributed by atoms with Gasteiger partial charge in [0.05, 0.1) is 32.8 Å². The van der Waals surface area contributed by atoms with Crippen LogP contribution in [0.2, 0.25) is 0 Å². The van der Waals surface area contributed by atoms with E-state index in [1.165, 1.54) is 11.8 Å². The Morgan fingerprint density at radius 1 is 1.12 bits per heavy atom. The number of rotatable bonds is 8. The number of carboxylic acid groups (broad SMARTS) is 1. The van der Waals surface area contributed by atoms with Crippen LogP contribution in [0.1, 0.15) is 36.5 Å². The first-order chi connectivity index (χ1) is 11.3. The molecule has 6 nitrogen and oxygen atoms in total. The molecule has 0 saturated heterocycles. The summed E-state index contributed by atoms with van der Waals surface area (Å²) in [5, 5.41) is 9.26. The van der Waals surface area contributed by atoms with Crippen molar-refractivity contribution in [2.24, 2.45) is 0 Å². The molecule has 0 saturated carbocycles. The Morgan fingerprint density at radius 3 is 2.08 bits per heavy atom. The van der Waals surface area contributed by atoms with Crippen LogP contribution in [-0.2, 0) is 9.53 Å². The number of quaternary nitrogens is 1. The third kappa shape index (κ3) is 10.6. The Labute approximate surface area is 145 Å². The number of benzene rings is 1. The van der Waals surface area contributed by atoms with Crippen LogP contribution in [0.4, 0.5) is 5.69 Å². The van der Waals surface area contributed by atoms with Crippen LogP contribution in [-0.4, -0.2) is 53.3 Å². The summed E-state index contributed by atoms with van der Waals surface area (Å²) < 4.78 is 5.25. The lowest BCUT2D eigenvalue weighted by atomic mass is 10.2. The normalized spacial score (nSPS) is 9.92. The van der Waals surface area contributed by atoms with Gasteiger partial charge in [0, 0.05) is 25.8 Å². The first-order valence-electron chi connectivity index (χ1n) is 8.21. The average molecular weight is 338 g/mol. The summed E-state index contributed by atoms with van der Waals surface area (Å²) in [5.41, 5.74) is 1.69. The van der Waals surface area contributed by atoms with Gasteiger partial charge in [0.2, 0.25) is 0 Å². The van der Waals surface area contributed by atoms with Gasteiger partial charge in [-0.25, -0.2) is 4.79 Å². The fourth-order valence-electron chi connectivity index (χ4n) is 1.72. The molecule has 0 aliphatic rings. The quantitative estimate of drug-likeness (QED) is 0.533. The van der Waals surface area contributed by atoms with Crippen molar-refractivity contribution in [3.63, 3.8) is 0 Å². The zero-order valence-corrected chi connectivity index (χ0v) is 15.4. The number of ether oxygens (including phenoxy) is 1. The molecule has 136 valence electrons. The first-order valence-corrected chi connectivity index (χ1v) is 8.21. The Balaban J connectivity index is 0.000000922. The van der Waals surface area contributed by atoms with E-state index in [4.69, 9.17) is 4.74 Å². The molecule has 0 spiro atoms. The highest BCUT2D eigenvalue weighted by atomic mass is 16.5. The minimum absolute atomic E-state index is 0.111. The van der Waals surface area contributed by atoms with E-state index in [2.05, 4.69) is 14.1 Å². The number of hydrogen-bond donors (Lipinski definition) is 1. The molecule has 0 bridgehead atoms. The highest BCUT2D eigenvalue weighted by Gasteiger charge is 2.07. The maximum absolute atomic E-state index is 11.8. The lowest BCUT2D eigenvalue weighted by molar-refractivity contribution is -0.858. The zero-order valence-electron chi connectivity index (χ0n) is 15.4. The largest absolute Gasteiger partial charge is 0.550 e. The van der Waals surface area contributed by atoms with E-state index in [-0.39, 0.29) is 12.4 Å². The van der Waals surface area contributed by atoms with Crippen molar-refractivity contribution in [3.05, 3.63) is 29.8 Å². The first kappa shape index (κ1) is 21.9. The second kappa shape index (κ2) is 12.4. The number of carboxylic acids is 1. The fourth-order valence-corrected chi connectivity index (χ4v) is 1.72. The van der Waals surface area contributed by atoms with Crippen molar-refractivity contribution in [1.29, 1.82) is 0 Å². The van der Waals surface area contributed by atoms with Crippen LogP contribution in [0.25, 0.3) is 0 Å². The third-order valence-corrected chi connectivity index (χ3v) is 3.21. The molecule has 6 heteroatoms. The molecular formula is C18H30N2O4. The standard InChI is InChI=1S/C15H24N2O2.C3H6O2/c1-16(2)11-5-6-12-19-15(18)13-7-9-14(10-8-13)17(3)4;1-2-3(4)5/h7-10H,5-6,11-12H2,1-4H3;2H2,1H3,(H,4,5). The van der Waals surface area contributed by atoms with Gasteiger partial charge in [-0.3, -0.25) is 0 Å². The van der Waals surface area contributed by atoms with E-state index in [1.807, 2.05) is 43.3 Å². The minimum atomic E-state index is -0.995. The number of nitrogens with zero attached hydrogens (tertiary/aromatic N) is 1. The molecule has 1 rings (SSSR count). The van der Waals surface area contributed by atoms with Gasteiger partial charge >= 0.3 is 5.97 Å². The van der Waals surface area contributed by atoms with E-state index >= 15 is 0 Å². The van der Waals surface area contributed by atoms with E-state index in [0.717, 1.165) is 25.1 Å². The van der Waals surface area contributed by atoms with Gasteiger partial charge < -0.3 is 24.4 Å². The molecule has 0 unspecified atom stereocenters. The molecule has 0 fully saturated rings. The third-order valence-electron chi connectivity index (χ3n) is 3.21. The SMILES string of the molecule is CCC(=O)[O-].CN(C)c1ccc(C(=O)OCCCC[NH+](C)C)cc1. The molecular weight excluding hydrogens is 308 g/mol.